The van der Waals surface area contributed by atoms with E-state index in [1.165, 1.54) is 16.0 Å². The van der Waals surface area contributed by atoms with E-state index in [-0.39, 0.29) is 5.91 Å². The van der Waals surface area contributed by atoms with Crippen molar-refractivity contribution >= 4 is 17.2 Å². The molecule has 0 radical (unpaired) electrons. The summed E-state index contributed by atoms with van der Waals surface area (Å²) >= 11 is 1.79. The Morgan fingerprint density at radius 3 is 2.88 bits per heavy atom. The topological polar surface area (TPSA) is 38.1 Å². The van der Waals surface area contributed by atoms with Gasteiger partial charge in [-0.15, -0.1) is 11.3 Å². The van der Waals surface area contributed by atoms with Gasteiger partial charge in [0.05, 0.1) is 24.0 Å². The molecule has 2 aromatic heterocycles. The molecule has 0 atom stereocenters. The number of hydrogen-bond acceptors (Lipinski definition) is 3. The van der Waals surface area contributed by atoms with E-state index >= 15 is 0 Å². The maximum absolute atomic E-state index is 13.1. The van der Waals surface area contributed by atoms with Gasteiger partial charge in [0.25, 0.3) is 5.91 Å². The Kier molecular flexibility index (Phi) is 4.40. The average molecular weight is 351 g/mol. The van der Waals surface area contributed by atoms with Crippen molar-refractivity contribution in [3.05, 3.63) is 75.2 Å². The second-order valence-corrected chi connectivity index (χ2v) is 7.35. The summed E-state index contributed by atoms with van der Waals surface area (Å²) in [6.45, 7) is 4.29. The fraction of sp³-hybridized carbons (Fsp3) is 0.300. The Morgan fingerprint density at radius 2 is 2.08 bits per heavy atom. The zero-order valence-electron chi connectivity index (χ0n) is 14.3. The Labute approximate surface area is 151 Å². The van der Waals surface area contributed by atoms with Crippen LogP contribution in [0.15, 0.2) is 48.0 Å². The lowest BCUT2D eigenvalue weighted by Crippen LogP contribution is -2.35. The van der Waals surface area contributed by atoms with Crippen molar-refractivity contribution in [1.29, 1.82) is 0 Å². The Bertz CT molecular complexity index is 881. The zero-order chi connectivity index (χ0) is 17.2. The minimum Gasteiger partial charge on any atom is -0.334 e. The van der Waals surface area contributed by atoms with Gasteiger partial charge in [-0.1, -0.05) is 37.3 Å². The van der Waals surface area contributed by atoms with Crippen LogP contribution in [0, 0.1) is 0 Å². The van der Waals surface area contributed by atoms with Gasteiger partial charge in [0, 0.05) is 18.0 Å². The highest BCUT2D eigenvalue weighted by Crippen LogP contribution is 2.25. The van der Waals surface area contributed by atoms with Gasteiger partial charge < -0.3 is 4.90 Å². The smallest absolute Gasteiger partial charge is 0.257 e. The van der Waals surface area contributed by atoms with Crippen LogP contribution in [-0.4, -0.2) is 27.1 Å². The molecular weight excluding hydrogens is 330 g/mol. The number of carbonyl (C=O) groups excluding carboxylic acids is 1. The molecule has 0 bridgehead atoms. The minimum absolute atomic E-state index is 0.105. The van der Waals surface area contributed by atoms with Crippen molar-refractivity contribution in [3.8, 4) is 0 Å². The number of benzene rings is 1. The molecular formula is C20H21N3OS. The third kappa shape index (κ3) is 3.12. The normalized spacial score (nSPS) is 13.7. The van der Waals surface area contributed by atoms with Gasteiger partial charge in [-0.25, -0.2) is 0 Å². The van der Waals surface area contributed by atoms with E-state index in [4.69, 9.17) is 0 Å². The SMILES string of the molecule is CCc1c(C(=O)N2CCc3sccc3C2)cnn1Cc1ccccc1. The predicted octanol–water partition coefficient (Wildman–Crippen LogP) is 3.75. The summed E-state index contributed by atoms with van der Waals surface area (Å²) < 4.78 is 1.96. The molecule has 4 rings (SSSR count). The monoisotopic (exact) mass is 351 g/mol. The number of carbonyl (C=O) groups is 1. The van der Waals surface area contributed by atoms with E-state index in [1.54, 1.807) is 17.5 Å². The van der Waals surface area contributed by atoms with E-state index < -0.39 is 0 Å². The van der Waals surface area contributed by atoms with Gasteiger partial charge in [-0.05, 0) is 35.4 Å². The van der Waals surface area contributed by atoms with Gasteiger partial charge in [0.2, 0.25) is 0 Å². The predicted molar refractivity (Wildman–Crippen MR) is 99.9 cm³/mol. The fourth-order valence-electron chi connectivity index (χ4n) is 3.45. The van der Waals surface area contributed by atoms with E-state index in [2.05, 4.69) is 35.6 Å². The van der Waals surface area contributed by atoms with Crippen LogP contribution in [0.5, 0.6) is 0 Å². The lowest BCUT2D eigenvalue weighted by molar-refractivity contribution is 0.0734. The maximum atomic E-state index is 13.1. The Morgan fingerprint density at radius 1 is 1.24 bits per heavy atom. The molecule has 1 amide bonds. The number of nitrogens with zero attached hydrogens (tertiary/aromatic N) is 3. The average Bonchev–Trinajstić information content (AvgIpc) is 3.27. The van der Waals surface area contributed by atoms with Crippen molar-refractivity contribution in [2.75, 3.05) is 6.54 Å². The molecule has 1 aliphatic rings. The molecule has 25 heavy (non-hydrogen) atoms. The van der Waals surface area contributed by atoms with E-state index in [1.807, 2.05) is 27.8 Å². The second kappa shape index (κ2) is 6.84. The largest absolute Gasteiger partial charge is 0.334 e. The van der Waals surface area contributed by atoms with Gasteiger partial charge in [-0.3, -0.25) is 9.48 Å². The lowest BCUT2D eigenvalue weighted by atomic mass is 10.1. The van der Waals surface area contributed by atoms with Crippen LogP contribution in [0.25, 0.3) is 0 Å². The highest BCUT2D eigenvalue weighted by Gasteiger charge is 2.25. The van der Waals surface area contributed by atoms with Crippen LogP contribution in [-0.2, 0) is 25.9 Å². The molecule has 0 spiro atoms. The van der Waals surface area contributed by atoms with Crippen LogP contribution in [0.2, 0.25) is 0 Å². The summed E-state index contributed by atoms with van der Waals surface area (Å²) in [5.74, 6) is 0.105. The first kappa shape index (κ1) is 16.1. The first-order chi connectivity index (χ1) is 12.3. The van der Waals surface area contributed by atoms with Crippen LogP contribution in [0.1, 0.15) is 39.0 Å². The first-order valence-corrected chi connectivity index (χ1v) is 9.57. The number of aromatic nitrogens is 2. The number of rotatable bonds is 4. The summed E-state index contributed by atoms with van der Waals surface area (Å²) in [6, 6.07) is 12.4. The summed E-state index contributed by atoms with van der Waals surface area (Å²) in [7, 11) is 0. The third-order valence-electron chi connectivity index (χ3n) is 4.78. The molecule has 5 heteroatoms. The fourth-order valence-corrected chi connectivity index (χ4v) is 4.34. The van der Waals surface area contributed by atoms with Crippen molar-refractivity contribution < 1.29 is 4.79 Å². The molecule has 4 nitrogen and oxygen atoms in total. The molecule has 1 aromatic carbocycles. The first-order valence-electron chi connectivity index (χ1n) is 8.69. The number of fused-ring (bicyclic) bond motifs is 1. The molecule has 0 fully saturated rings. The standard InChI is InChI=1S/C20H21N3OS/c1-2-18-17(12-21-23(18)13-15-6-4-3-5-7-15)20(24)22-10-8-19-16(14-22)9-11-25-19/h3-7,9,11-12H,2,8,10,13-14H2,1H3. The minimum atomic E-state index is 0.105. The molecule has 0 N–H and O–H groups in total. The van der Waals surface area contributed by atoms with E-state index in [0.717, 1.165) is 30.6 Å². The van der Waals surface area contributed by atoms with Gasteiger partial charge >= 0.3 is 0 Å². The molecule has 128 valence electrons. The maximum Gasteiger partial charge on any atom is 0.257 e. The molecule has 0 saturated carbocycles. The summed E-state index contributed by atoms with van der Waals surface area (Å²) in [6.07, 6.45) is 3.50. The number of amides is 1. The van der Waals surface area contributed by atoms with Gasteiger partial charge in [0.15, 0.2) is 0 Å². The number of thiophene rings is 1. The van der Waals surface area contributed by atoms with Crippen LogP contribution in [0.4, 0.5) is 0 Å². The van der Waals surface area contributed by atoms with E-state index in [0.29, 0.717) is 13.1 Å². The Hall–Kier alpha value is -2.40. The Balaban J connectivity index is 1.57. The van der Waals surface area contributed by atoms with Crippen LogP contribution >= 0.6 is 11.3 Å². The molecule has 0 saturated heterocycles. The van der Waals surface area contributed by atoms with Gasteiger partial charge in [-0.2, -0.15) is 5.10 Å². The van der Waals surface area contributed by atoms with Crippen LogP contribution in [0.3, 0.4) is 0 Å². The molecule has 0 aliphatic carbocycles. The molecule has 1 aliphatic heterocycles. The highest BCUT2D eigenvalue weighted by atomic mass is 32.1. The van der Waals surface area contributed by atoms with E-state index in [9.17, 15) is 4.79 Å². The van der Waals surface area contributed by atoms with Crippen LogP contribution < -0.4 is 0 Å². The molecule has 3 heterocycles. The van der Waals surface area contributed by atoms with Crippen molar-refractivity contribution in [3.63, 3.8) is 0 Å². The lowest BCUT2D eigenvalue weighted by Gasteiger charge is -2.27. The molecule has 0 unspecified atom stereocenters. The van der Waals surface area contributed by atoms with Gasteiger partial charge in [0.1, 0.15) is 0 Å². The highest BCUT2D eigenvalue weighted by molar-refractivity contribution is 7.10. The quantitative estimate of drug-likeness (QED) is 0.718. The third-order valence-corrected chi connectivity index (χ3v) is 5.81. The second-order valence-electron chi connectivity index (χ2n) is 6.35. The van der Waals surface area contributed by atoms with Crippen molar-refractivity contribution in [1.82, 2.24) is 14.7 Å². The number of hydrogen-bond donors (Lipinski definition) is 0. The molecule has 3 aromatic rings. The summed E-state index contributed by atoms with van der Waals surface area (Å²) in [5.41, 5.74) is 4.25. The summed E-state index contributed by atoms with van der Waals surface area (Å²) in [4.78, 5) is 16.4. The summed E-state index contributed by atoms with van der Waals surface area (Å²) in [5, 5.41) is 6.62. The zero-order valence-corrected chi connectivity index (χ0v) is 15.1. The van der Waals surface area contributed by atoms with Crippen molar-refractivity contribution in [2.45, 2.75) is 32.9 Å². The van der Waals surface area contributed by atoms with Crippen molar-refractivity contribution in [2.24, 2.45) is 0 Å².